The van der Waals surface area contributed by atoms with Crippen molar-refractivity contribution in [1.29, 1.82) is 0 Å². The van der Waals surface area contributed by atoms with Crippen molar-refractivity contribution in [3.05, 3.63) is 29.6 Å². The van der Waals surface area contributed by atoms with Crippen LogP contribution in [0, 0.1) is 11.7 Å². The zero-order valence-corrected chi connectivity index (χ0v) is 11.8. The molecule has 1 atom stereocenters. The molecule has 1 aliphatic rings. The van der Waals surface area contributed by atoms with Gasteiger partial charge in [0.15, 0.2) is 0 Å². The SMILES string of the molecule is CC1CCCN(c2ccc(CBr)cc2F)CC1. The number of hydrogen-bond donors (Lipinski definition) is 0. The Morgan fingerprint density at radius 2 is 2.18 bits per heavy atom. The van der Waals surface area contributed by atoms with E-state index in [1.54, 1.807) is 6.07 Å². The van der Waals surface area contributed by atoms with Crippen LogP contribution in [0.1, 0.15) is 31.7 Å². The van der Waals surface area contributed by atoms with E-state index in [9.17, 15) is 4.39 Å². The standard InChI is InChI=1S/C14H19BrFN/c1-11-3-2-7-17(8-6-11)14-5-4-12(10-15)9-13(14)16/h4-5,9,11H,2-3,6-8,10H2,1H3. The highest BCUT2D eigenvalue weighted by Gasteiger charge is 2.16. The molecule has 0 aliphatic carbocycles. The topological polar surface area (TPSA) is 3.24 Å². The Hall–Kier alpha value is -0.570. The number of nitrogens with zero attached hydrogens (tertiary/aromatic N) is 1. The molecule has 1 unspecified atom stereocenters. The van der Waals surface area contributed by atoms with Crippen LogP contribution >= 0.6 is 15.9 Å². The van der Waals surface area contributed by atoms with Gasteiger partial charge in [0.25, 0.3) is 0 Å². The molecule has 0 N–H and O–H groups in total. The Morgan fingerprint density at radius 3 is 2.88 bits per heavy atom. The van der Waals surface area contributed by atoms with Crippen LogP contribution in [-0.4, -0.2) is 13.1 Å². The summed E-state index contributed by atoms with van der Waals surface area (Å²) in [6.45, 7) is 4.24. The minimum Gasteiger partial charge on any atom is -0.369 e. The molecule has 1 aromatic rings. The molecule has 0 spiro atoms. The van der Waals surface area contributed by atoms with Gasteiger partial charge in [-0.3, -0.25) is 0 Å². The third kappa shape index (κ3) is 3.21. The highest BCUT2D eigenvalue weighted by molar-refractivity contribution is 9.08. The Labute approximate surface area is 111 Å². The normalized spacial score (nSPS) is 21.4. The molecular formula is C14H19BrFN. The second-order valence-corrected chi connectivity index (χ2v) is 5.50. The first kappa shape index (κ1) is 12.9. The monoisotopic (exact) mass is 299 g/mol. The lowest BCUT2D eigenvalue weighted by Crippen LogP contribution is -2.25. The quantitative estimate of drug-likeness (QED) is 0.734. The van der Waals surface area contributed by atoms with Gasteiger partial charge in [0, 0.05) is 18.4 Å². The molecule has 2 rings (SSSR count). The summed E-state index contributed by atoms with van der Waals surface area (Å²) < 4.78 is 14.0. The lowest BCUT2D eigenvalue weighted by molar-refractivity contribution is 0.520. The van der Waals surface area contributed by atoms with E-state index in [2.05, 4.69) is 27.8 Å². The average Bonchev–Trinajstić information content (AvgIpc) is 2.54. The van der Waals surface area contributed by atoms with E-state index in [1.807, 2.05) is 12.1 Å². The first-order valence-corrected chi connectivity index (χ1v) is 7.42. The van der Waals surface area contributed by atoms with Crippen molar-refractivity contribution in [1.82, 2.24) is 0 Å². The number of hydrogen-bond acceptors (Lipinski definition) is 1. The van der Waals surface area contributed by atoms with Crippen LogP contribution in [-0.2, 0) is 5.33 Å². The maximum Gasteiger partial charge on any atom is 0.146 e. The molecule has 3 heteroatoms. The molecule has 17 heavy (non-hydrogen) atoms. The largest absolute Gasteiger partial charge is 0.369 e. The minimum atomic E-state index is -0.0866. The molecule has 1 nitrogen and oxygen atoms in total. The van der Waals surface area contributed by atoms with Gasteiger partial charge in [0.1, 0.15) is 5.82 Å². The van der Waals surface area contributed by atoms with E-state index in [4.69, 9.17) is 0 Å². The molecule has 0 amide bonds. The zero-order valence-electron chi connectivity index (χ0n) is 10.3. The van der Waals surface area contributed by atoms with Gasteiger partial charge in [-0.15, -0.1) is 0 Å². The Balaban J connectivity index is 2.15. The van der Waals surface area contributed by atoms with Crippen molar-refractivity contribution in [2.45, 2.75) is 31.5 Å². The fourth-order valence-corrected chi connectivity index (χ4v) is 2.74. The highest BCUT2D eigenvalue weighted by Crippen LogP contribution is 2.26. The highest BCUT2D eigenvalue weighted by atomic mass is 79.9. The van der Waals surface area contributed by atoms with Crippen LogP contribution in [0.5, 0.6) is 0 Å². The Kier molecular flexibility index (Phi) is 4.43. The van der Waals surface area contributed by atoms with Crippen LogP contribution in [0.15, 0.2) is 18.2 Å². The van der Waals surface area contributed by atoms with Gasteiger partial charge in [0.05, 0.1) is 5.69 Å². The third-order valence-corrected chi connectivity index (χ3v) is 4.17. The van der Waals surface area contributed by atoms with Gasteiger partial charge in [-0.05, 0) is 42.9 Å². The fourth-order valence-electron chi connectivity index (χ4n) is 2.39. The first-order valence-electron chi connectivity index (χ1n) is 6.30. The maximum absolute atomic E-state index is 14.0. The van der Waals surface area contributed by atoms with Crippen molar-refractivity contribution in [3.8, 4) is 0 Å². The van der Waals surface area contributed by atoms with Gasteiger partial charge in [0.2, 0.25) is 0 Å². The van der Waals surface area contributed by atoms with Gasteiger partial charge in [-0.1, -0.05) is 28.9 Å². The molecule has 0 radical (unpaired) electrons. The molecular weight excluding hydrogens is 281 g/mol. The second-order valence-electron chi connectivity index (χ2n) is 4.94. The van der Waals surface area contributed by atoms with Crippen molar-refractivity contribution in [3.63, 3.8) is 0 Å². The van der Waals surface area contributed by atoms with Crippen molar-refractivity contribution >= 4 is 21.6 Å². The average molecular weight is 300 g/mol. The Bertz CT molecular complexity index is 380. The van der Waals surface area contributed by atoms with Gasteiger partial charge >= 0.3 is 0 Å². The number of rotatable bonds is 2. The van der Waals surface area contributed by atoms with Gasteiger partial charge < -0.3 is 4.90 Å². The van der Waals surface area contributed by atoms with E-state index >= 15 is 0 Å². The molecule has 0 bridgehead atoms. The zero-order chi connectivity index (χ0) is 12.3. The number of alkyl halides is 1. The summed E-state index contributed by atoms with van der Waals surface area (Å²) >= 11 is 3.35. The predicted octanol–water partition coefficient (Wildman–Crippen LogP) is 4.35. The molecule has 94 valence electrons. The molecule has 0 aromatic heterocycles. The van der Waals surface area contributed by atoms with E-state index < -0.39 is 0 Å². The third-order valence-electron chi connectivity index (χ3n) is 3.52. The molecule has 1 heterocycles. The number of halogens is 2. The van der Waals surface area contributed by atoms with Crippen molar-refractivity contribution in [2.24, 2.45) is 5.92 Å². The van der Waals surface area contributed by atoms with Gasteiger partial charge in [-0.2, -0.15) is 0 Å². The summed E-state index contributed by atoms with van der Waals surface area (Å²) in [6, 6.07) is 5.56. The lowest BCUT2D eigenvalue weighted by atomic mass is 10.0. The van der Waals surface area contributed by atoms with Crippen LogP contribution < -0.4 is 4.90 Å². The summed E-state index contributed by atoms with van der Waals surface area (Å²) in [4.78, 5) is 2.19. The van der Waals surface area contributed by atoms with Crippen LogP contribution in [0.3, 0.4) is 0 Å². The molecule has 1 aliphatic heterocycles. The van der Waals surface area contributed by atoms with Crippen molar-refractivity contribution < 1.29 is 4.39 Å². The fraction of sp³-hybridized carbons (Fsp3) is 0.571. The summed E-state index contributed by atoms with van der Waals surface area (Å²) in [6.07, 6.45) is 3.60. The molecule has 0 saturated carbocycles. The molecule has 1 fully saturated rings. The summed E-state index contributed by atoms with van der Waals surface area (Å²) in [5, 5.41) is 0.710. The molecule has 1 aromatic carbocycles. The summed E-state index contributed by atoms with van der Waals surface area (Å²) in [7, 11) is 0. The Morgan fingerprint density at radius 1 is 1.35 bits per heavy atom. The van der Waals surface area contributed by atoms with E-state index in [-0.39, 0.29) is 5.82 Å². The summed E-state index contributed by atoms with van der Waals surface area (Å²) in [5.41, 5.74) is 1.76. The van der Waals surface area contributed by atoms with Crippen LogP contribution in [0.4, 0.5) is 10.1 Å². The summed E-state index contributed by atoms with van der Waals surface area (Å²) in [5.74, 6) is 0.682. The second kappa shape index (κ2) is 5.85. The van der Waals surface area contributed by atoms with Gasteiger partial charge in [-0.25, -0.2) is 4.39 Å². The predicted molar refractivity (Wildman–Crippen MR) is 74.3 cm³/mol. The number of anilines is 1. The molecule has 1 saturated heterocycles. The van der Waals surface area contributed by atoms with E-state index in [1.165, 1.54) is 19.3 Å². The minimum absolute atomic E-state index is 0.0866. The smallest absolute Gasteiger partial charge is 0.146 e. The first-order chi connectivity index (χ1) is 8.20. The van der Waals surface area contributed by atoms with Crippen molar-refractivity contribution in [2.75, 3.05) is 18.0 Å². The maximum atomic E-state index is 14.0. The van der Waals surface area contributed by atoms with E-state index in [0.29, 0.717) is 5.33 Å². The van der Waals surface area contributed by atoms with Crippen LogP contribution in [0.25, 0.3) is 0 Å². The van der Waals surface area contributed by atoms with Crippen LogP contribution in [0.2, 0.25) is 0 Å². The lowest BCUT2D eigenvalue weighted by Gasteiger charge is -2.23. The number of benzene rings is 1. The van der Waals surface area contributed by atoms with E-state index in [0.717, 1.165) is 30.3 Å².